The number of benzene rings is 1. The van der Waals surface area contributed by atoms with Crippen molar-refractivity contribution in [3.63, 3.8) is 0 Å². The zero-order chi connectivity index (χ0) is 14.8. The van der Waals surface area contributed by atoms with E-state index in [1.807, 2.05) is 12.1 Å². The average molecular weight is 348 g/mol. The minimum atomic E-state index is -0.426. The van der Waals surface area contributed by atoms with Crippen molar-refractivity contribution in [2.75, 3.05) is 5.32 Å². The Hall–Kier alpha value is -2.48. The fraction of sp³-hybridized carbons (Fsp3) is 0.0769. The number of nitro benzene ring substituents is 1. The molecule has 0 aliphatic rings. The molecule has 8 heteroatoms. The van der Waals surface area contributed by atoms with Gasteiger partial charge in [0.15, 0.2) is 5.65 Å². The van der Waals surface area contributed by atoms with Gasteiger partial charge in [-0.1, -0.05) is 0 Å². The fourth-order valence-electron chi connectivity index (χ4n) is 1.97. The molecule has 0 saturated heterocycles. The lowest BCUT2D eigenvalue weighted by molar-refractivity contribution is -0.384. The van der Waals surface area contributed by atoms with Crippen LogP contribution in [0.1, 0.15) is 5.69 Å². The first-order valence-corrected chi connectivity index (χ1v) is 6.90. The number of hydrogen-bond acceptors (Lipinski definition) is 5. The molecule has 0 radical (unpaired) electrons. The van der Waals surface area contributed by atoms with Crippen molar-refractivity contribution in [2.45, 2.75) is 6.54 Å². The standard InChI is InChI=1S/C13H10BrN5O2/c14-11-7-9(19(20)21)1-2-12(11)16-8-10-3-5-15-13-4-6-17-18(10)13/h1-7,16H,8H2. The van der Waals surface area contributed by atoms with Gasteiger partial charge < -0.3 is 5.32 Å². The number of aromatic nitrogens is 3. The van der Waals surface area contributed by atoms with E-state index in [0.717, 1.165) is 17.0 Å². The molecule has 3 aromatic rings. The van der Waals surface area contributed by atoms with Crippen LogP contribution in [0.3, 0.4) is 0 Å². The molecule has 0 bridgehead atoms. The number of halogens is 1. The van der Waals surface area contributed by atoms with Gasteiger partial charge in [-0.3, -0.25) is 10.1 Å². The van der Waals surface area contributed by atoms with Crippen molar-refractivity contribution >= 4 is 33.0 Å². The van der Waals surface area contributed by atoms with Crippen LogP contribution in [-0.4, -0.2) is 19.5 Å². The molecule has 0 aliphatic heterocycles. The maximum absolute atomic E-state index is 10.7. The number of non-ortho nitro benzene ring substituents is 1. The van der Waals surface area contributed by atoms with E-state index >= 15 is 0 Å². The van der Waals surface area contributed by atoms with Crippen LogP contribution in [0.25, 0.3) is 5.65 Å². The molecule has 2 heterocycles. The summed E-state index contributed by atoms with van der Waals surface area (Å²) in [5, 5.41) is 18.1. The second kappa shape index (κ2) is 5.49. The van der Waals surface area contributed by atoms with Gasteiger partial charge in [0.2, 0.25) is 0 Å². The summed E-state index contributed by atoms with van der Waals surface area (Å²) in [5.41, 5.74) is 2.54. The van der Waals surface area contributed by atoms with Gasteiger partial charge in [-0.05, 0) is 28.1 Å². The zero-order valence-electron chi connectivity index (χ0n) is 10.7. The SMILES string of the molecule is O=[N+]([O-])c1ccc(NCc2ccnc3ccnn23)c(Br)c1. The van der Waals surface area contributed by atoms with Crippen LogP contribution in [0.4, 0.5) is 11.4 Å². The number of rotatable bonds is 4. The smallest absolute Gasteiger partial charge is 0.270 e. The Morgan fingerprint density at radius 1 is 1.29 bits per heavy atom. The maximum atomic E-state index is 10.7. The van der Waals surface area contributed by atoms with Crippen molar-refractivity contribution in [1.82, 2.24) is 14.6 Å². The van der Waals surface area contributed by atoms with E-state index < -0.39 is 4.92 Å². The quantitative estimate of drug-likeness (QED) is 0.579. The summed E-state index contributed by atoms with van der Waals surface area (Å²) < 4.78 is 2.38. The molecular weight excluding hydrogens is 338 g/mol. The van der Waals surface area contributed by atoms with Gasteiger partial charge >= 0.3 is 0 Å². The molecule has 2 aromatic heterocycles. The summed E-state index contributed by atoms with van der Waals surface area (Å²) in [7, 11) is 0. The Balaban J connectivity index is 1.82. The van der Waals surface area contributed by atoms with Crippen LogP contribution in [0, 0.1) is 10.1 Å². The third-order valence-corrected chi connectivity index (χ3v) is 3.65. The highest BCUT2D eigenvalue weighted by molar-refractivity contribution is 9.10. The molecule has 0 amide bonds. The summed E-state index contributed by atoms with van der Waals surface area (Å²) in [4.78, 5) is 14.5. The van der Waals surface area contributed by atoms with Gasteiger partial charge in [0.25, 0.3) is 5.69 Å². The summed E-state index contributed by atoms with van der Waals surface area (Å²) in [5.74, 6) is 0. The van der Waals surface area contributed by atoms with Crippen molar-refractivity contribution in [2.24, 2.45) is 0 Å². The molecule has 0 saturated carbocycles. The molecule has 0 unspecified atom stereocenters. The first kappa shape index (κ1) is 13.5. The number of nitrogens with zero attached hydrogens (tertiary/aromatic N) is 4. The summed E-state index contributed by atoms with van der Waals surface area (Å²) in [6.45, 7) is 0.525. The molecule has 0 spiro atoms. The van der Waals surface area contributed by atoms with E-state index in [-0.39, 0.29) is 5.69 Å². The molecule has 0 aliphatic carbocycles. The van der Waals surface area contributed by atoms with Gasteiger partial charge in [0.1, 0.15) is 0 Å². The molecule has 21 heavy (non-hydrogen) atoms. The van der Waals surface area contributed by atoms with Crippen molar-refractivity contribution in [3.05, 3.63) is 63.0 Å². The molecular formula is C13H10BrN5O2. The average Bonchev–Trinajstić information content (AvgIpc) is 2.94. The molecule has 106 valence electrons. The molecule has 1 N–H and O–H groups in total. The normalized spacial score (nSPS) is 10.7. The Kier molecular flexibility index (Phi) is 3.53. The Bertz CT molecular complexity index is 817. The number of fused-ring (bicyclic) bond motifs is 1. The van der Waals surface area contributed by atoms with E-state index in [2.05, 4.69) is 31.3 Å². The van der Waals surface area contributed by atoms with Crippen LogP contribution in [-0.2, 0) is 6.54 Å². The van der Waals surface area contributed by atoms with Crippen LogP contribution in [0.2, 0.25) is 0 Å². The second-order valence-electron chi connectivity index (χ2n) is 4.31. The topological polar surface area (TPSA) is 85.4 Å². The largest absolute Gasteiger partial charge is 0.378 e. The Morgan fingerprint density at radius 2 is 2.14 bits per heavy atom. The lowest BCUT2D eigenvalue weighted by Gasteiger charge is -2.09. The number of nitrogens with one attached hydrogen (secondary N) is 1. The minimum Gasteiger partial charge on any atom is -0.378 e. The van der Waals surface area contributed by atoms with Crippen LogP contribution in [0.15, 0.2) is 47.2 Å². The van der Waals surface area contributed by atoms with E-state index in [9.17, 15) is 10.1 Å². The minimum absolute atomic E-state index is 0.0470. The number of anilines is 1. The van der Waals surface area contributed by atoms with Crippen molar-refractivity contribution in [3.8, 4) is 0 Å². The van der Waals surface area contributed by atoms with Gasteiger partial charge in [0.05, 0.1) is 23.4 Å². The highest BCUT2D eigenvalue weighted by Crippen LogP contribution is 2.27. The van der Waals surface area contributed by atoms with E-state index in [1.54, 1.807) is 23.0 Å². The molecule has 0 fully saturated rings. The fourth-order valence-corrected chi connectivity index (χ4v) is 2.47. The Labute approximate surface area is 127 Å². The predicted octanol–water partition coefficient (Wildman–Crippen LogP) is 3.01. The van der Waals surface area contributed by atoms with Gasteiger partial charge in [0, 0.05) is 34.6 Å². The van der Waals surface area contributed by atoms with Gasteiger partial charge in [-0.15, -0.1) is 0 Å². The van der Waals surface area contributed by atoms with Crippen LogP contribution < -0.4 is 5.32 Å². The van der Waals surface area contributed by atoms with E-state index in [4.69, 9.17) is 0 Å². The van der Waals surface area contributed by atoms with Gasteiger partial charge in [-0.2, -0.15) is 5.10 Å². The lowest BCUT2D eigenvalue weighted by atomic mass is 10.2. The van der Waals surface area contributed by atoms with Crippen molar-refractivity contribution < 1.29 is 4.92 Å². The van der Waals surface area contributed by atoms with Crippen LogP contribution in [0.5, 0.6) is 0 Å². The first-order chi connectivity index (χ1) is 10.1. The van der Waals surface area contributed by atoms with Crippen molar-refractivity contribution in [1.29, 1.82) is 0 Å². The third-order valence-electron chi connectivity index (χ3n) is 2.99. The number of nitro groups is 1. The highest BCUT2D eigenvalue weighted by atomic mass is 79.9. The second-order valence-corrected chi connectivity index (χ2v) is 5.17. The third kappa shape index (κ3) is 2.70. The lowest BCUT2D eigenvalue weighted by Crippen LogP contribution is -2.07. The van der Waals surface area contributed by atoms with Crippen LogP contribution >= 0.6 is 15.9 Å². The zero-order valence-corrected chi connectivity index (χ0v) is 12.3. The molecule has 7 nitrogen and oxygen atoms in total. The van der Waals surface area contributed by atoms with E-state index in [0.29, 0.717) is 11.0 Å². The van der Waals surface area contributed by atoms with E-state index in [1.165, 1.54) is 12.1 Å². The first-order valence-electron chi connectivity index (χ1n) is 6.10. The number of hydrogen-bond donors (Lipinski definition) is 1. The molecule has 3 rings (SSSR count). The summed E-state index contributed by atoms with van der Waals surface area (Å²) in [6.07, 6.45) is 3.41. The predicted molar refractivity (Wildman–Crippen MR) is 81.1 cm³/mol. The maximum Gasteiger partial charge on any atom is 0.270 e. The monoisotopic (exact) mass is 347 g/mol. The summed E-state index contributed by atoms with van der Waals surface area (Å²) in [6, 6.07) is 8.29. The summed E-state index contributed by atoms with van der Waals surface area (Å²) >= 11 is 3.33. The van der Waals surface area contributed by atoms with Gasteiger partial charge in [-0.25, -0.2) is 9.50 Å². The highest BCUT2D eigenvalue weighted by Gasteiger charge is 2.09. The Morgan fingerprint density at radius 3 is 2.90 bits per heavy atom. The molecule has 1 aromatic carbocycles. The molecule has 0 atom stereocenters.